The van der Waals surface area contributed by atoms with E-state index in [1.165, 1.54) is 4.90 Å². The van der Waals surface area contributed by atoms with Gasteiger partial charge in [0.2, 0.25) is 0 Å². The zero-order valence-corrected chi connectivity index (χ0v) is 8.92. The van der Waals surface area contributed by atoms with E-state index in [0.29, 0.717) is 26.2 Å². The van der Waals surface area contributed by atoms with Crippen molar-refractivity contribution in [2.24, 2.45) is 0 Å². The molecule has 0 aliphatic carbocycles. The van der Waals surface area contributed by atoms with E-state index < -0.39 is 18.1 Å². The van der Waals surface area contributed by atoms with Crippen LogP contribution in [0.2, 0.25) is 0 Å². The molecule has 1 amide bonds. The van der Waals surface area contributed by atoms with Crippen molar-refractivity contribution in [3.63, 3.8) is 0 Å². The van der Waals surface area contributed by atoms with Gasteiger partial charge in [-0.2, -0.15) is 0 Å². The minimum Gasteiger partial charge on any atom is -0.480 e. The first-order valence-electron chi connectivity index (χ1n) is 5.43. The second-order valence-electron chi connectivity index (χ2n) is 3.96. The Morgan fingerprint density at radius 2 is 2.12 bits per heavy atom. The predicted molar refractivity (Wildman–Crippen MR) is 52.9 cm³/mol. The number of hydrogen-bond acceptors (Lipinski definition) is 4. The Hall–Kier alpha value is -1.14. The number of morpholine rings is 1. The third kappa shape index (κ3) is 2.17. The molecule has 2 fully saturated rings. The highest BCUT2D eigenvalue weighted by atomic mass is 16.5. The molecule has 0 aromatic rings. The molecule has 6 nitrogen and oxygen atoms in total. The highest BCUT2D eigenvalue weighted by Gasteiger charge is 2.37. The number of hydrogen-bond donors (Lipinski definition) is 1. The molecule has 0 aromatic heterocycles. The van der Waals surface area contributed by atoms with Crippen LogP contribution in [-0.4, -0.2) is 60.4 Å². The molecule has 6 heteroatoms. The van der Waals surface area contributed by atoms with Crippen LogP contribution < -0.4 is 0 Å². The van der Waals surface area contributed by atoms with E-state index in [1.54, 1.807) is 0 Å². The molecule has 2 atom stereocenters. The van der Waals surface area contributed by atoms with Gasteiger partial charge in [0.15, 0.2) is 6.04 Å². The highest BCUT2D eigenvalue weighted by molar-refractivity contribution is 5.86. The Morgan fingerprint density at radius 1 is 1.31 bits per heavy atom. The molecule has 2 saturated heterocycles. The van der Waals surface area contributed by atoms with Crippen LogP contribution in [0.5, 0.6) is 0 Å². The molecule has 0 aromatic carbocycles. The number of aliphatic carboxylic acids is 1. The summed E-state index contributed by atoms with van der Waals surface area (Å²) in [5, 5.41) is 8.99. The molecule has 0 spiro atoms. The van der Waals surface area contributed by atoms with Crippen LogP contribution in [0.4, 0.5) is 0 Å². The maximum absolute atomic E-state index is 12.0. The van der Waals surface area contributed by atoms with Gasteiger partial charge in [0.05, 0.1) is 13.2 Å². The first-order chi connectivity index (χ1) is 7.70. The molecule has 0 saturated carbocycles. The lowest BCUT2D eigenvalue weighted by Crippen LogP contribution is -2.55. The van der Waals surface area contributed by atoms with Gasteiger partial charge < -0.3 is 19.5 Å². The highest BCUT2D eigenvalue weighted by Crippen LogP contribution is 2.18. The van der Waals surface area contributed by atoms with E-state index >= 15 is 0 Å². The summed E-state index contributed by atoms with van der Waals surface area (Å²) >= 11 is 0. The zero-order valence-electron chi connectivity index (χ0n) is 8.92. The normalized spacial score (nSPS) is 30.4. The van der Waals surface area contributed by atoms with Gasteiger partial charge in [-0.3, -0.25) is 4.79 Å². The van der Waals surface area contributed by atoms with Crippen LogP contribution in [0.1, 0.15) is 12.8 Å². The largest absolute Gasteiger partial charge is 0.480 e. The van der Waals surface area contributed by atoms with Crippen molar-refractivity contribution in [1.82, 2.24) is 4.90 Å². The quantitative estimate of drug-likeness (QED) is 0.689. The van der Waals surface area contributed by atoms with E-state index in [2.05, 4.69) is 0 Å². The van der Waals surface area contributed by atoms with Crippen molar-refractivity contribution >= 4 is 11.9 Å². The van der Waals surface area contributed by atoms with Gasteiger partial charge >= 0.3 is 5.97 Å². The number of carbonyl (C=O) groups is 2. The van der Waals surface area contributed by atoms with Crippen molar-refractivity contribution in [2.45, 2.75) is 25.0 Å². The zero-order chi connectivity index (χ0) is 11.5. The van der Waals surface area contributed by atoms with Crippen LogP contribution in [-0.2, 0) is 19.1 Å². The third-order valence-electron chi connectivity index (χ3n) is 2.90. The molecule has 16 heavy (non-hydrogen) atoms. The lowest BCUT2D eigenvalue weighted by atomic mass is 10.1. The number of ether oxygens (including phenoxy) is 2. The van der Waals surface area contributed by atoms with E-state index in [-0.39, 0.29) is 12.5 Å². The number of carbonyl (C=O) groups excluding carboxylic acids is 1. The van der Waals surface area contributed by atoms with Gasteiger partial charge in [-0.15, -0.1) is 0 Å². The summed E-state index contributed by atoms with van der Waals surface area (Å²) in [6.45, 7) is 1.37. The summed E-state index contributed by atoms with van der Waals surface area (Å²) in [5.41, 5.74) is 0. The maximum Gasteiger partial charge on any atom is 0.328 e. The van der Waals surface area contributed by atoms with E-state index in [4.69, 9.17) is 14.6 Å². The molecule has 2 aliphatic rings. The van der Waals surface area contributed by atoms with E-state index in [9.17, 15) is 9.59 Å². The monoisotopic (exact) mass is 229 g/mol. The summed E-state index contributed by atoms with van der Waals surface area (Å²) in [6, 6.07) is -0.870. The Balaban J connectivity index is 2.04. The summed E-state index contributed by atoms with van der Waals surface area (Å²) < 4.78 is 10.3. The van der Waals surface area contributed by atoms with Gasteiger partial charge in [-0.1, -0.05) is 0 Å². The fourth-order valence-electron chi connectivity index (χ4n) is 2.03. The summed E-state index contributed by atoms with van der Waals surface area (Å²) in [5.74, 6) is -1.24. The van der Waals surface area contributed by atoms with Crippen molar-refractivity contribution in [3.8, 4) is 0 Å². The molecule has 2 heterocycles. The second kappa shape index (κ2) is 4.80. The number of rotatable bonds is 2. The van der Waals surface area contributed by atoms with Crippen molar-refractivity contribution < 1.29 is 24.2 Å². The lowest BCUT2D eigenvalue weighted by Gasteiger charge is -2.34. The van der Waals surface area contributed by atoms with Gasteiger partial charge in [0.25, 0.3) is 5.91 Å². The molecule has 2 aliphatic heterocycles. The number of carboxylic acid groups (broad SMARTS) is 1. The van der Waals surface area contributed by atoms with E-state index in [0.717, 1.165) is 6.42 Å². The van der Waals surface area contributed by atoms with Crippen molar-refractivity contribution in [3.05, 3.63) is 0 Å². The van der Waals surface area contributed by atoms with Crippen LogP contribution in [0.25, 0.3) is 0 Å². The van der Waals surface area contributed by atoms with Gasteiger partial charge in [0.1, 0.15) is 6.10 Å². The Kier molecular flexibility index (Phi) is 3.40. The third-order valence-corrected chi connectivity index (χ3v) is 2.90. The molecule has 2 rings (SSSR count). The summed E-state index contributed by atoms with van der Waals surface area (Å²) in [6.07, 6.45) is 1.08. The second-order valence-corrected chi connectivity index (χ2v) is 3.96. The number of amides is 1. The molecule has 0 bridgehead atoms. The molecule has 90 valence electrons. The van der Waals surface area contributed by atoms with Crippen LogP contribution >= 0.6 is 0 Å². The maximum atomic E-state index is 12.0. The molecular weight excluding hydrogens is 214 g/mol. The standard InChI is InChI=1S/C10H15NO5/c12-9(8-2-1-4-16-8)11-3-5-15-6-7(11)10(13)14/h7-8H,1-6H2,(H,13,14). The van der Waals surface area contributed by atoms with Gasteiger partial charge in [0, 0.05) is 13.2 Å². The molecule has 0 radical (unpaired) electrons. The smallest absolute Gasteiger partial charge is 0.328 e. The fraction of sp³-hybridized carbons (Fsp3) is 0.800. The average molecular weight is 229 g/mol. The predicted octanol–water partition coefficient (Wildman–Crippen LogP) is -0.523. The van der Waals surface area contributed by atoms with Crippen molar-refractivity contribution in [2.75, 3.05) is 26.4 Å². The van der Waals surface area contributed by atoms with E-state index in [1.807, 2.05) is 0 Å². The SMILES string of the molecule is O=C(O)C1COCCN1C(=O)C1CCCO1. The van der Waals surface area contributed by atoms with Gasteiger partial charge in [-0.05, 0) is 12.8 Å². The average Bonchev–Trinajstić information content (AvgIpc) is 2.81. The minimum absolute atomic E-state index is 0.0633. The molecule has 1 N–H and O–H groups in total. The lowest BCUT2D eigenvalue weighted by molar-refractivity contribution is -0.162. The van der Waals surface area contributed by atoms with Gasteiger partial charge in [-0.25, -0.2) is 4.79 Å². The fourth-order valence-corrected chi connectivity index (χ4v) is 2.03. The first-order valence-corrected chi connectivity index (χ1v) is 5.43. The Morgan fingerprint density at radius 3 is 2.75 bits per heavy atom. The van der Waals surface area contributed by atoms with Crippen molar-refractivity contribution in [1.29, 1.82) is 0 Å². The Bertz CT molecular complexity index is 287. The van der Waals surface area contributed by atoms with Crippen LogP contribution in [0.3, 0.4) is 0 Å². The summed E-state index contributed by atoms with van der Waals surface area (Å²) in [4.78, 5) is 24.3. The minimum atomic E-state index is -1.02. The number of carboxylic acids is 1. The summed E-state index contributed by atoms with van der Waals surface area (Å²) in [7, 11) is 0. The molecular formula is C10H15NO5. The van der Waals surface area contributed by atoms with Crippen LogP contribution in [0.15, 0.2) is 0 Å². The number of nitrogens with zero attached hydrogens (tertiary/aromatic N) is 1. The Labute approximate surface area is 93.1 Å². The topological polar surface area (TPSA) is 76.1 Å². The first kappa shape index (κ1) is 11.3. The molecule has 2 unspecified atom stereocenters. The van der Waals surface area contributed by atoms with Crippen LogP contribution in [0, 0.1) is 0 Å².